The van der Waals surface area contributed by atoms with Crippen LogP contribution in [-0.2, 0) is 6.54 Å². The number of rotatable bonds is 8. The molecule has 0 atom stereocenters. The third kappa shape index (κ3) is 4.66. The summed E-state index contributed by atoms with van der Waals surface area (Å²) in [6.45, 7) is 10.4. The normalized spacial score (nSPS) is 11.4. The minimum Gasteiger partial charge on any atom is -0.493 e. The van der Waals surface area contributed by atoms with Crippen molar-refractivity contribution in [1.29, 1.82) is 0 Å². The van der Waals surface area contributed by atoms with Crippen molar-refractivity contribution < 1.29 is 4.74 Å². The van der Waals surface area contributed by atoms with Crippen molar-refractivity contribution in [2.45, 2.75) is 53.0 Å². The predicted octanol–water partition coefficient (Wildman–Crippen LogP) is 7.30. The lowest BCUT2D eigenvalue weighted by Gasteiger charge is -2.15. The molecule has 3 heteroatoms. The molecule has 0 aliphatic rings. The molecule has 1 heterocycles. The van der Waals surface area contributed by atoms with E-state index < -0.39 is 0 Å². The fourth-order valence-electron chi connectivity index (χ4n) is 4.13. The molecule has 0 aliphatic carbocycles. The van der Waals surface area contributed by atoms with Crippen LogP contribution in [0.15, 0.2) is 66.7 Å². The molecule has 0 N–H and O–H groups in total. The number of benzene rings is 3. The number of unbranched alkanes of at least 4 members (excludes halogenated alkanes) is 1. The summed E-state index contributed by atoms with van der Waals surface area (Å²) in [6.07, 6.45) is 2.05. The molecular weight excluding hydrogens is 380 g/mol. The topological polar surface area (TPSA) is 27.1 Å². The van der Waals surface area contributed by atoms with E-state index in [0.29, 0.717) is 5.92 Å². The van der Waals surface area contributed by atoms with Gasteiger partial charge in [0, 0.05) is 12.1 Å². The molecule has 0 amide bonds. The molecular formula is C28H32N2O. The summed E-state index contributed by atoms with van der Waals surface area (Å²) < 4.78 is 8.56. The predicted molar refractivity (Wildman–Crippen MR) is 130 cm³/mol. The molecule has 0 spiro atoms. The molecule has 160 valence electrons. The van der Waals surface area contributed by atoms with Gasteiger partial charge in [0.2, 0.25) is 0 Å². The van der Waals surface area contributed by atoms with Gasteiger partial charge in [0.15, 0.2) is 0 Å². The Balaban J connectivity index is 1.47. The Bertz CT molecular complexity index is 1170. The van der Waals surface area contributed by atoms with E-state index in [2.05, 4.69) is 99.0 Å². The molecule has 4 rings (SSSR count). The molecule has 0 saturated carbocycles. The molecule has 3 aromatic carbocycles. The van der Waals surface area contributed by atoms with Crippen molar-refractivity contribution in [1.82, 2.24) is 9.55 Å². The molecule has 0 unspecified atom stereocenters. The second kappa shape index (κ2) is 9.38. The molecule has 0 fully saturated rings. The Hall–Kier alpha value is -3.07. The van der Waals surface area contributed by atoms with E-state index in [1.807, 2.05) is 0 Å². The van der Waals surface area contributed by atoms with Crippen molar-refractivity contribution >= 4 is 11.0 Å². The average molecular weight is 413 g/mol. The first-order valence-corrected chi connectivity index (χ1v) is 11.3. The number of nitrogens with zero attached hydrogens (tertiary/aromatic N) is 2. The molecule has 0 aliphatic heterocycles. The van der Waals surface area contributed by atoms with Gasteiger partial charge >= 0.3 is 0 Å². The number of hydrogen-bond donors (Lipinski definition) is 0. The third-order valence-corrected chi connectivity index (χ3v) is 5.87. The van der Waals surface area contributed by atoms with Crippen LogP contribution in [-0.4, -0.2) is 16.2 Å². The molecule has 0 radical (unpaired) electrons. The highest BCUT2D eigenvalue weighted by Gasteiger charge is 2.14. The number of ether oxygens (including phenoxy) is 1. The van der Waals surface area contributed by atoms with Gasteiger partial charge in [-0.05, 0) is 67.5 Å². The summed E-state index contributed by atoms with van der Waals surface area (Å²) in [7, 11) is 0. The quantitative estimate of drug-likeness (QED) is 0.284. The van der Waals surface area contributed by atoms with Gasteiger partial charge in [-0.1, -0.05) is 62.4 Å². The van der Waals surface area contributed by atoms with E-state index >= 15 is 0 Å². The maximum Gasteiger partial charge on any atom is 0.141 e. The van der Waals surface area contributed by atoms with Crippen LogP contribution in [0.1, 0.15) is 49.3 Å². The summed E-state index contributed by atoms with van der Waals surface area (Å²) in [5.41, 5.74) is 7.24. The second-order valence-corrected chi connectivity index (χ2v) is 8.64. The zero-order valence-corrected chi connectivity index (χ0v) is 19.1. The van der Waals surface area contributed by atoms with E-state index in [4.69, 9.17) is 9.72 Å². The third-order valence-electron chi connectivity index (χ3n) is 5.87. The number of para-hydroxylation sites is 2. The summed E-state index contributed by atoms with van der Waals surface area (Å²) in [6, 6.07) is 23.4. The first kappa shape index (κ1) is 21.2. The van der Waals surface area contributed by atoms with Crippen LogP contribution in [0.5, 0.6) is 5.75 Å². The van der Waals surface area contributed by atoms with Gasteiger partial charge in [-0.3, -0.25) is 0 Å². The number of fused-ring (bicyclic) bond motifs is 1. The van der Waals surface area contributed by atoms with E-state index in [-0.39, 0.29) is 0 Å². The van der Waals surface area contributed by atoms with Gasteiger partial charge in [0.05, 0.1) is 17.6 Å². The van der Waals surface area contributed by atoms with Crippen LogP contribution in [0.3, 0.4) is 0 Å². The SMILES string of the molecule is Cc1ccc(C(C)C)c(OCCCCn2c(-c3ccccc3C)nc3ccccc32)c1. The fraction of sp³-hybridized carbons (Fsp3) is 0.321. The maximum absolute atomic E-state index is 6.20. The Morgan fingerprint density at radius 3 is 2.48 bits per heavy atom. The van der Waals surface area contributed by atoms with E-state index in [1.165, 1.54) is 27.8 Å². The smallest absolute Gasteiger partial charge is 0.141 e. The Kier molecular flexibility index (Phi) is 6.41. The second-order valence-electron chi connectivity index (χ2n) is 8.64. The van der Waals surface area contributed by atoms with E-state index in [9.17, 15) is 0 Å². The van der Waals surface area contributed by atoms with Crippen LogP contribution in [0.25, 0.3) is 22.4 Å². The van der Waals surface area contributed by atoms with Crippen molar-refractivity contribution in [3.63, 3.8) is 0 Å². The Morgan fingerprint density at radius 2 is 1.68 bits per heavy atom. The lowest BCUT2D eigenvalue weighted by Crippen LogP contribution is -2.05. The molecule has 31 heavy (non-hydrogen) atoms. The zero-order valence-electron chi connectivity index (χ0n) is 19.1. The van der Waals surface area contributed by atoms with Crippen LogP contribution in [0.2, 0.25) is 0 Å². The van der Waals surface area contributed by atoms with Gasteiger partial charge < -0.3 is 9.30 Å². The van der Waals surface area contributed by atoms with Crippen LogP contribution in [0.4, 0.5) is 0 Å². The molecule has 0 saturated heterocycles. The minimum absolute atomic E-state index is 0.463. The number of aromatic nitrogens is 2. The zero-order chi connectivity index (χ0) is 21.8. The highest BCUT2D eigenvalue weighted by atomic mass is 16.5. The Labute approximate surface area is 185 Å². The van der Waals surface area contributed by atoms with Crippen molar-refractivity contribution in [2.24, 2.45) is 0 Å². The standard InChI is InChI=1S/C28H32N2O/c1-20(2)23-16-15-21(3)19-27(23)31-18-10-9-17-30-26-14-8-7-13-25(26)29-28(30)24-12-6-5-11-22(24)4/h5-8,11-16,19-20H,9-10,17-18H2,1-4H3. The van der Waals surface area contributed by atoms with Crippen molar-refractivity contribution in [2.75, 3.05) is 6.61 Å². The van der Waals surface area contributed by atoms with Gasteiger partial charge in [-0.25, -0.2) is 4.98 Å². The van der Waals surface area contributed by atoms with Gasteiger partial charge in [-0.15, -0.1) is 0 Å². The molecule has 3 nitrogen and oxygen atoms in total. The minimum atomic E-state index is 0.463. The highest BCUT2D eigenvalue weighted by Crippen LogP contribution is 2.29. The maximum atomic E-state index is 6.20. The van der Waals surface area contributed by atoms with Crippen LogP contribution in [0, 0.1) is 13.8 Å². The summed E-state index contributed by atoms with van der Waals surface area (Å²) in [4.78, 5) is 4.96. The first-order chi connectivity index (χ1) is 15.0. The van der Waals surface area contributed by atoms with Gasteiger partial charge in [0.25, 0.3) is 0 Å². The van der Waals surface area contributed by atoms with Crippen molar-refractivity contribution in [3.8, 4) is 17.1 Å². The van der Waals surface area contributed by atoms with Gasteiger partial charge in [0.1, 0.15) is 11.6 Å². The largest absolute Gasteiger partial charge is 0.493 e. The van der Waals surface area contributed by atoms with Crippen LogP contribution >= 0.6 is 0 Å². The van der Waals surface area contributed by atoms with E-state index in [0.717, 1.165) is 43.1 Å². The summed E-state index contributed by atoms with van der Waals surface area (Å²) in [5, 5.41) is 0. The monoisotopic (exact) mass is 412 g/mol. The van der Waals surface area contributed by atoms with E-state index in [1.54, 1.807) is 0 Å². The summed E-state index contributed by atoms with van der Waals surface area (Å²) in [5.74, 6) is 2.55. The Morgan fingerprint density at radius 1 is 0.903 bits per heavy atom. The molecule has 1 aromatic heterocycles. The fourth-order valence-corrected chi connectivity index (χ4v) is 4.13. The van der Waals surface area contributed by atoms with Crippen molar-refractivity contribution in [3.05, 3.63) is 83.4 Å². The molecule has 0 bridgehead atoms. The number of aryl methyl sites for hydroxylation is 3. The number of imidazole rings is 1. The lowest BCUT2D eigenvalue weighted by molar-refractivity contribution is 0.299. The molecule has 4 aromatic rings. The average Bonchev–Trinajstić information content (AvgIpc) is 3.12. The first-order valence-electron chi connectivity index (χ1n) is 11.3. The van der Waals surface area contributed by atoms with Gasteiger partial charge in [-0.2, -0.15) is 0 Å². The number of hydrogen-bond acceptors (Lipinski definition) is 2. The summed E-state index contributed by atoms with van der Waals surface area (Å²) >= 11 is 0. The lowest BCUT2D eigenvalue weighted by atomic mass is 10.0. The highest BCUT2D eigenvalue weighted by molar-refractivity contribution is 5.81. The van der Waals surface area contributed by atoms with Crippen LogP contribution < -0.4 is 4.74 Å².